The monoisotopic (exact) mass is 287 g/mol. The zero-order valence-corrected chi connectivity index (χ0v) is 13.1. The summed E-state index contributed by atoms with van der Waals surface area (Å²) in [5, 5.41) is 2.87. The van der Waals surface area contributed by atoms with Gasteiger partial charge in [0.15, 0.2) is 0 Å². The maximum absolute atomic E-state index is 6.03. The van der Waals surface area contributed by atoms with Gasteiger partial charge in [0.25, 0.3) is 0 Å². The molecule has 0 saturated carbocycles. The van der Waals surface area contributed by atoms with Crippen LogP contribution in [0.2, 0.25) is 0 Å². The normalized spacial score (nSPS) is 16.7. The molecule has 0 amide bonds. The fourth-order valence-corrected chi connectivity index (χ4v) is 3.55. The zero-order chi connectivity index (χ0) is 14.7. The number of fused-ring (bicyclic) bond motifs is 2. The molecule has 0 aliphatic heterocycles. The Balaban J connectivity index is 0.000000704. The second-order valence-electron chi connectivity index (χ2n) is 4.68. The molecular formula is C16H21N3S. The quantitative estimate of drug-likeness (QED) is 0.523. The number of hydrogen-bond donors (Lipinski definition) is 1. The van der Waals surface area contributed by atoms with Crippen molar-refractivity contribution in [2.24, 2.45) is 5.84 Å². The minimum absolute atomic E-state index is 0.238. The summed E-state index contributed by atoms with van der Waals surface area (Å²) in [5.41, 5.74) is 3.77. The average Bonchev–Trinajstić information content (AvgIpc) is 3.00. The van der Waals surface area contributed by atoms with Gasteiger partial charge in [-0.1, -0.05) is 19.8 Å². The first-order chi connectivity index (χ1) is 9.69. The Morgan fingerprint density at radius 2 is 2.25 bits per heavy atom. The van der Waals surface area contributed by atoms with Gasteiger partial charge in [-0.25, -0.2) is 9.99 Å². The van der Waals surface area contributed by atoms with E-state index >= 15 is 0 Å². The van der Waals surface area contributed by atoms with E-state index in [1.54, 1.807) is 16.3 Å². The fraction of sp³-hybridized carbons (Fsp3) is 0.438. The third-order valence-electron chi connectivity index (χ3n) is 3.48. The van der Waals surface area contributed by atoms with Crippen molar-refractivity contribution in [2.75, 3.05) is 6.54 Å². The fourth-order valence-electron chi connectivity index (χ4n) is 2.68. The second kappa shape index (κ2) is 6.36. The van der Waals surface area contributed by atoms with Gasteiger partial charge in [-0.15, -0.1) is 17.8 Å². The third kappa shape index (κ3) is 2.71. The van der Waals surface area contributed by atoms with Crippen molar-refractivity contribution >= 4 is 21.6 Å². The van der Waals surface area contributed by atoms with Crippen LogP contribution in [0.15, 0.2) is 12.1 Å². The van der Waals surface area contributed by atoms with Gasteiger partial charge in [0, 0.05) is 0 Å². The summed E-state index contributed by atoms with van der Waals surface area (Å²) in [6.45, 7) is 6.53. The van der Waals surface area contributed by atoms with E-state index in [0.717, 1.165) is 23.4 Å². The van der Waals surface area contributed by atoms with E-state index in [2.05, 4.69) is 23.0 Å². The largest absolute Gasteiger partial charge is 0.267 e. The number of aromatic nitrogens is 1. The van der Waals surface area contributed by atoms with E-state index in [1.807, 2.05) is 20.8 Å². The molecule has 1 aromatic heterocycles. The van der Waals surface area contributed by atoms with Gasteiger partial charge < -0.3 is 0 Å². The maximum atomic E-state index is 6.03. The lowest BCUT2D eigenvalue weighted by atomic mass is 10.1. The van der Waals surface area contributed by atoms with Crippen molar-refractivity contribution in [1.29, 1.82) is 0 Å². The minimum Gasteiger partial charge on any atom is -0.267 e. The van der Waals surface area contributed by atoms with Gasteiger partial charge in [0.05, 0.1) is 27.8 Å². The van der Waals surface area contributed by atoms with E-state index in [1.165, 1.54) is 15.8 Å². The van der Waals surface area contributed by atoms with Crippen LogP contribution in [0.1, 0.15) is 42.4 Å². The standard InChI is InChI=1S/C14H15N3S.C2H6/c1-3-6-17(15)13-5-4-10-7-14-12(8-11(10)13)16-9(2)18-14;1-2/h1,7-8,13H,4-6,15H2,2H3;1-2H3. The van der Waals surface area contributed by atoms with Crippen LogP contribution in [0, 0.1) is 19.3 Å². The van der Waals surface area contributed by atoms with Crippen LogP contribution in [0.3, 0.4) is 0 Å². The van der Waals surface area contributed by atoms with Crippen molar-refractivity contribution in [3.05, 3.63) is 28.3 Å². The molecule has 1 aliphatic rings. The summed E-state index contributed by atoms with van der Waals surface area (Å²) in [4.78, 5) is 4.55. The molecule has 0 radical (unpaired) electrons. The highest BCUT2D eigenvalue weighted by atomic mass is 32.1. The molecule has 0 fully saturated rings. The number of hydrogen-bond acceptors (Lipinski definition) is 4. The molecule has 0 spiro atoms. The Hall–Kier alpha value is -1.41. The molecule has 1 atom stereocenters. The van der Waals surface area contributed by atoms with E-state index in [4.69, 9.17) is 12.3 Å². The lowest BCUT2D eigenvalue weighted by molar-refractivity contribution is 0.228. The van der Waals surface area contributed by atoms with Gasteiger partial charge in [-0.2, -0.15) is 0 Å². The Kier molecular flexibility index (Phi) is 4.77. The molecule has 1 heterocycles. The van der Waals surface area contributed by atoms with E-state index in [-0.39, 0.29) is 6.04 Å². The highest BCUT2D eigenvalue weighted by Crippen LogP contribution is 2.37. The molecule has 20 heavy (non-hydrogen) atoms. The molecule has 1 unspecified atom stereocenters. The van der Waals surface area contributed by atoms with Crippen LogP contribution in [0.5, 0.6) is 0 Å². The van der Waals surface area contributed by atoms with Gasteiger partial charge >= 0.3 is 0 Å². The summed E-state index contributed by atoms with van der Waals surface area (Å²) in [6.07, 6.45) is 7.45. The smallest absolute Gasteiger partial charge is 0.0907 e. The Bertz CT molecular complexity index is 639. The molecular weight excluding hydrogens is 266 g/mol. The van der Waals surface area contributed by atoms with Gasteiger partial charge in [-0.05, 0) is 43.0 Å². The Morgan fingerprint density at radius 1 is 1.50 bits per heavy atom. The van der Waals surface area contributed by atoms with Crippen LogP contribution in [0.4, 0.5) is 0 Å². The first-order valence-corrected chi connectivity index (χ1v) is 7.85. The molecule has 3 rings (SSSR count). The number of hydrazine groups is 1. The number of nitrogens with zero attached hydrogens (tertiary/aromatic N) is 2. The van der Waals surface area contributed by atoms with Crippen molar-refractivity contribution in [3.8, 4) is 12.3 Å². The summed E-state index contributed by atoms with van der Waals surface area (Å²) in [7, 11) is 0. The lowest BCUT2D eigenvalue weighted by Crippen LogP contribution is -2.34. The predicted molar refractivity (Wildman–Crippen MR) is 86.5 cm³/mol. The Morgan fingerprint density at radius 3 is 2.95 bits per heavy atom. The highest BCUT2D eigenvalue weighted by Gasteiger charge is 2.27. The van der Waals surface area contributed by atoms with E-state index in [0.29, 0.717) is 6.54 Å². The average molecular weight is 287 g/mol. The van der Waals surface area contributed by atoms with Crippen LogP contribution < -0.4 is 5.84 Å². The number of nitrogens with two attached hydrogens (primary N) is 1. The molecule has 0 saturated heterocycles. The van der Waals surface area contributed by atoms with Crippen molar-refractivity contribution in [2.45, 2.75) is 39.7 Å². The van der Waals surface area contributed by atoms with E-state index < -0.39 is 0 Å². The van der Waals surface area contributed by atoms with Crippen molar-refractivity contribution < 1.29 is 0 Å². The first-order valence-electron chi connectivity index (χ1n) is 7.04. The second-order valence-corrected chi connectivity index (χ2v) is 5.92. The molecule has 106 valence electrons. The van der Waals surface area contributed by atoms with E-state index in [9.17, 15) is 0 Å². The maximum Gasteiger partial charge on any atom is 0.0907 e. The van der Waals surface area contributed by atoms with Crippen LogP contribution in [0.25, 0.3) is 10.2 Å². The molecule has 4 heteroatoms. The number of rotatable bonds is 2. The zero-order valence-electron chi connectivity index (χ0n) is 12.3. The van der Waals surface area contributed by atoms with Crippen LogP contribution in [-0.2, 0) is 6.42 Å². The summed E-state index contributed by atoms with van der Waals surface area (Å²) >= 11 is 1.75. The summed E-state index contributed by atoms with van der Waals surface area (Å²) in [6, 6.07) is 4.68. The topological polar surface area (TPSA) is 42.1 Å². The molecule has 2 N–H and O–H groups in total. The molecule has 1 aromatic carbocycles. The summed E-state index contributed by atoms with van der Waals surface area (Å²) in [5.74, 6) is 8.63. The predicted octanol–water partition coefficient (Wildman–Crippen LogP) is 3.43. The number of aryl methyl sites for hydroxylation is 2. The third-order valence-corrected chi connectivity index (χ3v) is 4.41. The number of benzene rings is 1. The van der Waals surface area contributed by atoms with Crippen LogP contribution in [-0.4, -0.2) is 16.5 Å². The summed E-state index contributed by atoms with van der Waals surface area (Å²) < 4.78 is 1.27. The number of terminal acetylenes is 1. The van der Waals surface area contributed by atoms with Gasteiger partial charge in [0.2, 0.25) is 0 Å². The van der Waals surface area contributed by atoms with Gasteiger partial charge in [-0.3, -0.25) is 5.84 Å². The molecule has 0 bridgehead atoms. The van der Waals surface area contributed by atoms with Crippen molar-refractivity contribution in [1.82, 2.24) is 9.99 Å². The molecule has 2 aromatic rings. The Labute approximate surface area is 124 Å². The first kappa shape index (κ1) is 15.0. The molecule has 1 aliphatic carbocycles. The van der Waals surface area contributed by atoms with Crippen molar-refractivity contribution in [3.63, 3.8) is 0 Å². The van der Waals surface area contributed by atoms with Crippen LogP contribution >= 0.6 is 11.3 Å². The minimum atomic E-state index is 0.238. The SMILES string of the molecule is C#CCN(N)C1CCc2cc3sc(C)nc3cc21.CC. The highest BCUT2D eigenvalue weighted by molar-refractivity contribution is 7.18. The van der Waals surface area contributed by atoms with Gasteiger partial charge in [0.1, 0.15) is 0 Å². The lowest BCUT2D eigenvalue weighted by Gasteiger charge is -2.22. The number of thiazole rings is 1. The molecule has 3 nitrogen and oxygen atoms in total.